The summed E-state index contributed by atoms with van der Waals surface area (Å²) in [5.41, 5.74) is 0.729. The van der Waals surface area contributed by atoms with Gasteiger partial charge in [-0.1, -0.05) is 30.3 Å². The third-order valence-electron chi connectivity index (χ3n) is 7.32. The highest BCUT2D eigenvalue weighted by Crippen LogP contribution is 2.42. The number of hydrogen-bond acceptors (Lipinski definition) is 13. The molecule has 3 heterocycles. The Hall–Kier alpha value is -2.85. The molecule has 2 aromatic carbocycles. The number of phenols is 1. The largest absolute Gasteiger partial charge is 0.507 e. The van der Waals surface area contributed by atoms with E-state index in [1.165, 1.54) is 13.0 Å². The highest BCUT2D eigenvalue weighted by Gasteiger charge is 2.51. The second kappa shape index (κ2) is 11.6. The lowest BCUT2D eigenvalue weighted by atomic mass is 9.95. The van der Waals surface area contributed by atoms with Crippen LogP contribution in [0, 0.1) is 0 Å². The maximum atomic E-state index is 12.8. The Kier molecular flexibility index (Phi) is 8.29. The van der Waals surface area contributed by atoms with E-state index < -0.39 is 79.9 Å². The predicted molar refractivity (Wildman–Crippen MR) is 132 cm³/mol. The number of phenolic OH excluding ortho intramolecular Hbond substituents is 1. The molecule has 0 saturated carbocycles. The molecule has 2 aromatic rings. The zero-order valence-corrected chi connectivity index (χ0v) is 21.4. The highest BCUT2D eigenvalue weighted by molar-refractivity contribution is 6.02. The van der Waals surface area contributed by atoms with Gasteiger partial charge >= 0.3 is 0 Å². The minimum absolute atomic E-state index is 0.0113. The highest BCUT2D eigenvalue weighted by atomic mass is 16.8. The van der Waals surface area contributed by atoms with Gasteiger partial charge in [-0.15, -0.1) is 0 Å². The van der Waals surface area contributed by atoms with Gasteiger partial charge in [0.2, 0.25) is 6.29 Å². The molecule has 11 atom stereocenters. The number of hydrogen-bond donors (Lipinski definition) is 7. The van der Waals surface area contributed by atoms with E-state index >= 15 is 0 Å². The molecule has 0 aliphatic carbocycles. The number of aliphatic hydroxyl groups is 6. The Morgan fingerprint density at radius 1 is 0.900 bits per heavy atom. The van der Waals surface area contributed by atoms with Gasteiger partial charge in [-0.3, -0.25) is 4.79 Å². The number of fused-ring (bicyclic) bond motifs is 1. The van der Waals surface area contributed by atoms with Crippen LogP contribution in [0.3, 0.4) is 0 Å². The van der Waals surface area contributed by atoms with Crippen LogP contribution >= 0.6 is 0 Å². The zero-order valence-electron chi connectivity index (χ0n) is 21.4. The first-order valence-electron chi connectivity index (χ1n) is 12.8. The lowest BCUT2D eigenvalue weighted by molar-refractivity contribution is -0.354. The third-order valence-corrected chi connectivity index (χ3v) is 7.32. The summed E-state index contributed by atoms with van der Waals surface area (Å²) >= 11 is 0. The van der Waals surface area contributed by atoms with Crippen molar-refractivity contribution < 1.29 is 64.2 Å². The van der Waals surface area contributed by atoms with Crippen molar-refractivity contribution in [3.63, 3.8) is 0 Å². The molecule has 2 fully saturated rings. The van der Waals surface area contributed by atoms with Crippen molar-refractivity contribution in [3.05, 3.63) is 53.6 Å². The molecule has 2 saturated heterocycles. The molecule has 0 bridgehead atoms. The molecule has 3 aliphatic heterocycles. The number of aliphatic hydroxyl groups excluding tert-OH is 6. The van der Waals surface area contributed by atoms with Crippen molar-refractivity contribution in [1.82, 2.24) is 0 Å². The molecule has 13 nitrogen and oxygen atoms in total. The van der Waals surface area contributed by atoms with E-state index in [2.05, 4.69) is 0 Å². The molecule has 0 aromatic heterocycles. The monoisotopic (exact) mass is 564 g/mol. The molecule has 3 aliphatic rings. The standard InChI is InChI=1S/C27H32O13/c1-11-20(31)22(33)24(35)26(36-11)40-25-23(34)21(32)18(10-28)39-27(25)37-13-7-14(29)19-15(30)9-16(38-17(19)8-13)12-5-3-2-4-6-12/h2-8,11,16,18,20-29,31-35H,9-10H2,1H3/t11-,16-,18+,20-,21+,22-,23-,24+,25+,26-,27+/m0/s1. The molecule has 7 N–H and O–H groups in total. The number of carbonyl (C=O) groups excluding carboxylic acids is 1. The number of benzene rings is 2. The fraction of sp³-hybridized carbons (Fsp3) is 0.519. The second-order valence-corrected chi connectivity index (χ2v) is 10.1. The van der Waals surface area contributed by atoms with Gasteiger partial charge in [-0.05, 0) is 12.5 Å². The summed E-state index contributed by atoms with van der Waals surface area (Å²) in [5, 5.41) is 72.1. The first-order chi connectivity index (χ1) is 19.1. The average Bonchev–Trinajstić information content (AvgIpc) is 2.94. The van der Waals surface area contributed by atoms with Crippen LogP contribution in [-0.2, 0) is 14.2 Å². The fourth-order valence-electron chi connectivity index (χ4n) is 5.05. The van der Waals surface area contributed by atoms with Crippen LogP contribution < -0.4 is 9.47 Å². The summed E-state index contributed by atoms with van der Waals surface area (Å²) in [6.45, 7) is 0.746. The maximum Gasteiger partial charge on any atom is 0.229 e. The molecule has 0 unspecified atom stereocenters. The van der Waals surface area contributed by atoms with Crippen molar-refractivity contribution in [3.8, 4) is 17.2 Å². The van der Waals surface area contributed by atoms with Crippen molar-refractivity contribution in [1.29, 1.82) is 0 Å². The van der Waals surface area contributed by atoms with Crippen LogP contribution in [0.15, 0.2) is 42.5 Å². The van der Waals surface area contributed by atoms with Crippen LogP contribution in [0.5, 0.6) is 17.2 Å². The summed E-state index contributed by atoms with van der Waals surface area (Å²) in [7, 11) is 0. The summed E-state index contributed by atoms with van der Waals surface area (Å²) in [6, 6.07) is 11.5. The number of ketones is 1. The maximum absolute atomic E-state index is 12.8. The zero-order chi connectivity index (χ0) is 28.7. The van der Waals surface area contributed by atoms with Gasteiger partial charge in [0, 0.05) is 12.1 Å². The fourth-order valence-corrected chi connectivity index (χ4v) is 5.05. The Morgan fingerprint density at radius 3 is 2.33 bits per heavy atom. The van der Waals surface area contributed by atoms with Crippen LogP contribution in [0.25, 0.3) is 0 Å². The quantitative estimate of drug-likeness (QED) is 0.228. The van der Waals surface area contributed by atoms with Crippen molar-refractivity contribution >= 4 is 5.78 Å². The minimum Gasteiger partial charge on any atom is -0.507 e. The SMILES string of the molecule is C[C@@H]1O[C@@H](O[C@H]2[C@H](Oc3cc(O)c4c(c3)O[C@H](c3ccccc3)CC4=O)O[C@H](CO)[C@@H](O)[C@@H]2O)[C@H](O)[C@@H](O)[C@H]1O. The Morgan fingerprint density at radius 2 is 1.62 bits per heavy atom. The average molecular weight is 565 g/mol. The van der Waals surface area contributed by atoms with Crippen LogP contribution in [-0.4, -0.2) is 110 Å². The number of Topliss-reactive ketones (excluding diaryl/α,β-unsaturated/α-hetero) is 1. The lowest BCUT2D eigenvalue weighted by Gasteiger charge is -2.45. The van der Waals surface area contributed by atoms with Gasteiger partial charge in [0.25, 0.3) is 0 Å². The number of rotatable bonds is 6. The summed E-state index contributed by atoms with van der Waals surface area (Å²) in [4.78, 5) is 12.8. The number of carbonyl (C=O) groups is 1. The summed E-state index contributed by atoms with van der Waals surface area (Å²) < 4.78 is 28.7. The van der Waals surface area contributed by atoms with Gasteiger partial charge in [-0.2, -0.15) is 0 Å². The Balaban J connectivity index is 1.41. The van der Waals surface area contributed by atoms with E-state index in [1.54, 1.807) is 24.3 Å². The lowest BCUT2D eigenvalue weighted by Crippen LogP contribution is -2.64. The smallest absolute Gasteiger partial charge is 0.229 e. The van der Waals surface area contributed by atoms with Crippen LogP contribution in [0.1, 0.15) is 35.4 Å². The van der Waals surface area contributed by atoms with E-state index in [0.717, 1.165) is 11.6 Å². The summed E-state index contributed by atoms with van der Waals surface area (Å²) in [6.07, 6.45) is -15.6. The van der Waals surface area contributed by atoms with E-state index in [4.69, 9.17) is 23.7 Å². The molecule has 0 spiro atoms. The van der Waals surface area contributed by atoms with Crippen molar-refractivity contribution in [2.75, 3.05) is 6.61 Å². The van der Waals surface area contributed by atoms with Crippen LogP contribution in [0.4, 0.5) is 0 Å². The van der Waals surface area contributed by atoms with Crippen molar-refractivity contribution in [2.45, 2.75) is 80.9 Å². The first kappa shape index (κ1) is 28.7. The molecular formula is C27H32O13. The molecule has 218 valence electrons. The van der Waals surface area contributed by atoms with Gasteiger partial charge in [0.15, 0.2) is 18.2 Å². The Labute approximate surface area is 228 Å². The van der Waals surface area contributed by atoms with E-state index in [9.17, 15) is 40.5 Å². The minimum atomic E-state index is -1.73. The Bertz CT molecular complexity index is 1190. The molecule has 40 heavy (non-hydrogen) atoms. The molecule has 0 amide bonds. The van der Waals surface area contributed by atoms with Crippen LogP contribution in [0.2, 0.25) is 0 Å². The van der Waals surface area contributed by atoms with Crippen molar-refractivity contribution in [2.24, 2.45) is 0 Å². The van der Waals surface area contributed by atoms with Gasteiger partial charge in [0.05, 0.1) is 19.1 Å². The first-order valence-corrected chi connectivity index (χ1v) is 12.8. The normalized spacial score (nSPS) is 37.9. The topological polar surface area (TPSA) is 205 Å². The van der Waals surface area contributed by atoms with Gasteiger partial charge in [-0.25, -0.2) is 0 Å². The molecular weight excluding hydrogens is 532 g/mol. The summed E-state index contributed by atoms with van der Waals surface area (Å²) in [5.74, 6) is -0.782. The van der Waals surface area contributed by atoms with E-state index in [-0.39, 0.29) is 29.3 Å². The van der Waals surface area contributed by atoms with E-state index in [0.29, 0.717) is 0 Å². The molecule has 13 heteroatoms. The van der Waals surface area contributed by atoms with E-state index in [1.807, 2.05) is 6.07 Å². The molecule has 0 radical (unpaired) electrons. The second-order valence-electron chi connectivity index (χ2n) is 10.1. The number of aromatic hydroxyl groups is 1. The molecule has 5 rings (SSSR count). The van der Waals surface area contributed by atoms with Gasteiger partial charge in [0.1, 0.15) is 65.5 Å². The predicted octanol–water partition coefficient (Wildman–Crippen LogP) is -0.871. The van der Waals surface area contributed by atoms with Gasteiger partial charge < -0.3 is 59.4 Å². The number of ether oxygens (including phenoxy) is 5. The third kappa shape index (κ3) is 5.40.